The normalized spacial score (nSPS) is 14.4. The van der Waals surface area contributed by atoms with Crippen LogP contribution in [0.15, 0.2) is 24.3 Å². The number of benzene rings is 1. The molecule has 0 aromatic heterocycles. The van der Waals surface area contributed by atoms with Crippen LogP contribution in [0.25, 0.3) is 0 Å². The highest BCUT2D eigenvalue weighted by Crippen LogP contribution is 2.15. The van der Waals surface area contributed by atoms with E-state index in [0.717, 1.165) is 6.92 Å². The zero-order chi connectivity index (χ0) is 14.6. The van der Waals surface area contributed by atoms with Crippen LogP contribution in [0.4, 0.5) is 0 Å². The number of aliphatic carboxylic acids is 1. The number of carbonyl (C=O) groups is 1. The molecule has 0 heterocycles. The Morgan fingerprint density at radius 1 is 1.32 bits per heavy atom. The maximum Gasteiger partial charge on any atom is 0.323 e. The Labute approximate surface area is 111 Å². The minimum atomic E-state index is -3.94. The number of nitrogens with one attached hydrogen (secondary N) is 1. The largest absolute Gasteiger partial charge is 0.480 e. The van der Waals surface area contributed by atoms with Crippen molar-refractivity contribution >= 4 is 16.0 Å². The van der Waals surface area contributed by atoms with E-state index in [4.69, 9.17) is 10.4 Å². The van der Waals surface area contributed by atoms with Crippen molar-refractivity contribution in [2.24, 2.45) is 0 Å². The third kappa shape index (κ3) is 3.77. The molecule has 0 aliphatic carbocycles. The van der Waals surface area contributed by atoms with Crippen LogP contribution in [0.5, 0.6) is 0 Å². The number of nitriles is 1. The second-order valence-electron chi connectivity index (χ2n) is 4.10. The predicted octanol–water partition coefficient (Wildman–Crippen LogP) is 1.01. The average molecular weight is 282 g/mol. The lowest BCUT2D eigenvalue weighted by atomic mass is 10.1. The van der Waals surface area contributed by atoms with E-state index in [0.29, 0.717) is 11.1 Å². The maximum atomic E-state index is 11.7. The molecular weight excluding hydrogens is 268 g/mol. The summed E-state index contributed by atoms with van der Waals surface area (Å²) in [6, 6.07) is 7.77. The standard InChI is InChI=1S/C12H14N2O4S/c1-8(11-5-3-10(7-13)4-6-11)14-19(17,18)9(2)12(15)16/h3-6,8-9,14H,1-2H3,(H,15,16). The maximum absolute atomic E-state index is 11.7. The number of nitrogens with zero attached hydrogens (tertiary/aromatic N) is 1. The summed E-state index contributed by atoms with van der Waals surface area (Å²) in [5, 5.41) is 15.9. The smallest absolute Gasteiger partial charge is 0.323 e. The zero-order valence-corrected chi connectivity index (χ0v) is 11.3. The summed E-state index contributed by atoms with van der Waals surface area (Å²) in [5.74, 6) is -1.40. The molecule has 19 heavy (non-hydrogen) atoms. The average Bonchev–Trinajstić information content (AvgIpc) is 2.37. The van der Waals surface area contributed by atoms with Gasteiger partial charge < -0.3 is 5.11 Å². The molecule has 2 unspecified atom stereocenters. The molecule has 0 saturated heterocycles. The fraction of sp³-hybridized carbons (Fsp3) is 0.333. The van der Waals surface area contributed by atoms with Gasteiger partial charge in [-0.25, -0.2) is 13.1 Å². The molecule has 0 aliphatic rings. The van der Waals surface area contributed by atoms with E-state index >= 15 is 0 Å². The highest BCUT2D eigenvalue weighted by atomic mass is 32.2. The molecule has 6 nitrogen and oxygen atoms in total. The lowest BCUT2D eigenvalue weighted by molar-refractivity contribution is -0.136. The fourth-order valence-corrected chi connectivity index (χ4v) is 2.49. The van der Waals surface area contributed by atoms with Gasteiger partial charge in [0.25, 0.3) is 0 Å². The number of sulfonamides is 1. The molecule has 1 aromatic rings. The Hall–Kier alpha value is -1.91. The van der Waals surface area contributed by atoms with Crippen molar-refractivity contribution in [1.29, 1.82) is 5.26 Å². The summed E-state index contributed by atoms with van der Waals surface area (Å²) in [7, 11) is -3.94. The second-order valence-corrected chi connectivity index (χ2v) is 6.13. The highest BCUT2D eigenvalue weighted by Gasteiger charge is 2.29. The third-order valence-electron chi connectivity index (χ3n) is 2.69. The van der Waals surface area contributed by atoms with Gasteiger partial charge in [0.2, 0.25) is 10.0 Å². The predicted molar refractivity (Wildman–Crippen MR) is 68.7 cm³/mol. The Morgan fingerprint density at radius 2 is 1.84 bits per heavy atom. The molecule has 0 fully saturated rings. The van der Waals surface area contributed by atoms with Gasteiger partial charge in [0.1, 0.15) is 0 Å². The topological polar surface area (TPSA) is 107 Å². The van der Waals surface area contributed by atoms with E-state index in [-0.39, 0.29) is 0 Å². The first-order chi connectivity index (χ1) is 8.77. The van der Waals surface area contributed by atoms with E-state index in [1.165, 1.54) is 0 Å². The Bertz CT molecular complexity index is 602. The van der Waals surface area contributed by atoms with Gasteiger partial charge in [-0.2, -0.15) is 5.26 Å². The molecule has 0 spiro atoms. The molecule has 7 heteroatoms. The number of hydrogen-bond donors (Lipinski definition) is 2. The summed E-state index contributed by atoms with van der Waals surface area (Å²) in [6.07, 6.45) is 0. The summed E-state index contributed by atoms with van der Waals surface area (Å²) >= 11 is 0. The molecule has 0 radical (unpaired) electrons. The Kier molecular flexibility index (Phi) is 4.64. The first-order valence-electron chi connectivity index (χ1n) is 5.52. The highest BCUT2D eigenvalue weighted by molar-refractivity contribution is 7.90. The lowest BCUT2D eigenvalue weighted by Gasteiger charge is -2.16. The van der Waals surface area contributed by atoms with Crippen LogP contribution in [0.2, 0.25) is 0 Å². The number of carboxylic acid groups (broad SMARTS) is 1. The van der Waals surface area contributed by atoms with Gasteiger partial charge in [-0.15, -0.1) is 0 Å². The van der Waals surface area contributed by atoms with E-state index in [1.54, 1.807) is 31.2 Å². The van der Waals surface area contributed by atoms with Gasteiger partial charge in [0.05, 0.1) is 11.6 Å². The van der Waals surface area contributed by atoms with Gasteiger partial charge >= 0.3 is 5.97 Å². The van der Waals surface area contributed by atoms with Crippen molar-refractivity contribution in [1.82, 2.24) is 4.72 Å². The van der Waals surface area contributed by atoms with Crippen molar-refractivity contribution in [3.05, 3.63) is 35.4 Å². The van der Waals surface area contributed by atoms with Crippen molar-refractivity contribution in [2.75, 3.05) is 0 Å². The molecule has 2 atom stereocenters. The van der Waals surface area contributed by atoms with Crippen LogP contribution in [0, 0.1) is 11.3 Å². The van der Waals surface area contributed by atoms with Gasteiger partial charge in [-0.1, -0.05) is 12.1 Å². The molecule has 102 valence electrons. The molecule has 0 aliphatic heterocycles. The van der Waals surface area contributed by atoms with Crippen LogP contribution >= 0.6 is 0 Å². The molecule has 0 saturated carbocycles. The molecule has 0 amide bonds. The van der Waals surface area contributed by atoms with E-state index < -0.39 is 27.3 Å². The molecule has 1 aromatic carbocycles. The number of carboxylic acids is 1. The van der Waals surface area contributed by atoms with Crippen LogP contribution < -0.4 is 4.72 Å². The van der Waals surface area contributed by atoms with Crippen LogP contribution in [-0.4, -0.2) is 24.7 Å². The quantitative estimate of drug-likeness (QED) is 0.838. The van der Waals surface area contributed by atoms with E-state index in [2.05, 4.69) is 4.72 Å². The second kappa shape index (κ2) is 5.82. The van der Waals surface area contributed by atoms with Gasteiger partial charge in [-0.05, 0) is 31.5 Å². The fourth-order valence-electron chi connectivity index (χ4n) is 1.40. The molecule has 2 N–H and O–H groups in total. The van der Waals surface area contributed by atoms with Crippen LogP contribution in [0.1, 0.15) is 31.0 Å². The van der Waals surface area contributed by atoms with Crippen molar-refractivity contribution in [3.63, 3.8) is 0 Å². The Morgan fingerprint density at radius 3 is 2.26 bits per heavy atom. The first kappa shape index (κ1) is 15.1. The monoisotopic (exact) mass is 282 g/mol. The first-order valence-corrected chi connectivity index (χ1v) is 7.06. The molecule has 0 bridgehead atoms. The number of hydrogen-bond acceptors (Lipinski definition) is 4. The SMILES string of the molecule is CC(NS(=O)(=O)C(C)C(=O)O)c1ccc(C#N)cc1. The molecule has 1 rings (SSSR count). The molecular formula is C12H14N2O4S. The lowest BCUT2D eigenvalue weighted by Crippen LogP contribution is -2.38. The van der Waals surface area contributed by atoms with Crippen molar-refractivity contribution < 1.29 is 18.3 Å². The van der Waals surface area contributed by atoms with Crippen LogP contribution in [-0.2, 0) is 14.8 Å². The Balaban J connectivity index is 2.87. The van der Waals surface area contributed by atoms with Gasteiger partial charge in [-0.3, -0.25) is 4.79 Å². The summed E-state index contributed by atoms with van der Waals surface area (Å²) in [4.78, 5) is 10.7. The van der Waals surface area contributed by atoms with E-state index in [9.17, 15) is 13.2 Å². The van der Waals surface area contributed by atoms with Gasteiger partial charge in [0, 0.05) is 6.04 Å². The summed E-state index contributed by atoms with van der Waals surface area (Å²) in [5.41, 5.74) is 1.12. The summed E-state index contributed by atoms with van der Waals surface area (Å²) < 4.78 is 25.8. The van der Waals surface area contributed by atoms with Crippen molar-refractivity contribution in [3.8, 4) is 6.07 Å². The minimum Gasteiger partial charge on any atom is -0.480 e. The minimum absolute atomic E-state index is 0.470. The summed E-state index contributed by atoms with van der Waals surface area (Å²) in [6.45, 7) is 2.71. The number of rotatable bonds is 5. The van der Waals surface area contributed by atoms with Crippen molar-refractivity contribution in [2.45, 2.75) is 25.1 Å². The third-order valence-corrected chi connectivity index (χ3v) is 4.51. The van der Waals surface area contributed by atoms with E-state index in [1.807, 2.05) is 6.07 Å². The zero-order valence-electron chi connectivity index (χ0n) is 10.5. The van der Waals surface area contributed by atoms with Gasteiger partial charge in [0.15, 0.2) is 5.25 Å². The van der Waals surface area contributed by atoms with Crippen LogP contribution in [0.3, 0.4) is 0 Å².